The van der Waals surface area contributed by atoms with E-state index in [4.69, 9.17) is 0 Å². The minimum Gasteiger partial charge on any atom is -0.350 e. The quantitative estimate of drug-likeness (QED) is 0.912. The zero-order valence-corrected chi connectivity index (χ0v) is 11.5. The fourth-order valence-electron chi connectivity index (χ4n) is 3.15. The third-order valence-electron chi connectivity index (χ3n) is 4.21. The predicted octanol–water partition coefficient (Wildman–Crippen LogP) is 3.50. The van der Waals surface area contributed by atoms with Gasteiger partial charge >= 0.3 is 0 Å². The van der Waals surface area contributed by atoms with E-state index >= 15 is 0 Å². The summed E-state index contributed by atoms with van der Waals surface area (Å²) in [5, 5.41) is 8.03. The molecule has 0 aliphatic heterocycles. The maximum Gasteiger partial charge on any atom is 0.243 e. The van der Waals surface area contributed by atoms with Crippen molar-refractivity contribution in [2.24, 2.45) is 5.92 Å². The van der Waals surface area contributed by atoms with Gasteiger partial charge in [-0.25, -0.2) is 4.52 Å². The first-order valence-electron chi connectivity index (χ1n) is 7.45. The number of nitrogens with one attached hydrogen (secondary N) is 1. The van der Waals surface area contributed by atoms with Crippen LogP contribution in [0.4, 0.5) is 5.95 Å². The average Bonchev–Trinajstić information content (AvgIpc) is 2.88. The lowest BCUT2D eigenvalue weighted by molar-refractivity contribution is 0.312. The van der Waals surface area contributed by atoms with Crippen molar-refractivity contribution >= 4 is 11.6 Å². The lowest BCUT2D eigenvalue weighted by atomic mass is 9.83. The molecular weight excluding hydrogens is 236 g/mol. The van der Waals surface area contributed by atoms with Gasteiger partial charge in [0.15, 0.2) is 5.65 Å². The van der Waals surface area contributed by atoms with Crippen LogP contribution in [0.5, 0.6) is 0 Å². The summed E-state index contributed by atoms with van der Waals surface area (Å²) in [6, 6.07) is 6.47. The van der Waals surface area contributed by atoms with Crippen molar-refractivity contribution in [2.45, 2.75) is 51.5 Å². The smallest absolute Gasteiger partial charge is 0.243 e. The van der Waals surface area contributed by atoms with Crippen molar-refractivity contribution in [1.29, 1.82) is 0 Å². The van der Waals surface area contributed by atoms with E-state index in [0.717, 1.165) is 23.9 Å². The average molecular weight is 258 g/mol. The van der Waals surface area contributed by atoms with Gasteiger partial charge in [-0.2, -0.15) is 4.98 Å². The van der Waals surface area contributed by atoms with Crippen LogP contribution in [0.1, 0.15) is 45.4 Å². The molecule has 0 bridgehead atoms. The predicted molar refractivity (Wildman–Crippen MR) is 77.3 cm³/mol. The molecule has 0 amide bonds. The lowest BCUT2D eigenvalue weighted by Crippen LogP contribution is -2.30. The van der Waals surface area contributed by atoms with Gasteiger partial charge in [-0.15, -0.1) is 5.10 Å². The van der Waals surface area contributed by atoms with Gasteiger partial charge in [0.05, 0.1) is 0 Å². The van der Waals surface area contributed by atoms with Crippen molar-refractivity contribution in [3.05, 3.63) is 24.4 Å². The molecular formula is C15H22N4. The zero-order valence-electron chi connectivity index (χ0n) is 11.5. The van der Waals surface area contributed by atoms with E-state index < -0.39 is 0 Å². The van der Waals surface area contributed by atoms with E-state index in [1.54, 1.807) is 0 Å². The van der Waals surface area contributed by atoms with Crippen molar-refractivity contribution < 1.29 is 0 Å². The highest BCUT2D eigenvalue weighted by Gasteiger charge is 2.23. The van der Waals surface area contributed by atoms with E-state index in [-0.39, 0.29) is 0 Å². The molecule has 2 heterocycles. The molecule has 1 aliphatic rings. The summed E-state index contributed by atoms with van der Waals surface area (Å²) >= 11 is 0. The molecule has 0 radical (unpaired) electrons. The summed E-state index contributed by atoms with van der Waals surface area (Å²) in [6.07, 6.45) is 9.93. The van der Waals surface area contributed by atoms with Crippen LogP contribution in [0.3, 0.4) is 0 Å². The standard InChI is InChI=1S/C15H22N4/c1-2-13(12-8-4-3-5-9-12)16-15-17-14-10-6-7-11-19(14)18-15/h6-7,10-13H,2-5,8-9H2,1H3,(H,16,18). The number of rotatable bonds is 4. The molecule has 19 heavy (non-hydrogen) atoms. The summed E-state index contributed by atoms with van der Waals surface area (Å²) in [6.45, 7) is 2.25. The second-order valence-electron chi connectivity index (χ2n) is 5.50. The molecule has 1 atom stereocenters. The van der Waals surface area contributed by atoms with Crippen LogP contribution in [-0.4, -0.2) is 20.6 Å². The normalized spacial score (nSPS) is 18.6. The molecule has 4 heteroatoms. The first-order chi connectivity index (χ1) is 9.36. The van der Waals surface area contributed by atoms with Gasteiger partial charge in [-0.1, -0.05) is 32.3 Å². The van der Waals surface area contributed by atoms with Gasteiger partial charge in [0.2, 0.25) is 5.95 Å². The highest BCUT2D eigenvalue weighted by Crippen LogP contribution is 2.29. The largest absolute Gasteiger partial charge is 0.350 e. The molecule has 1 saturated carbocycles. The number of hydrogen-bond donors (Lipinski definition) is 1. The molecule has 102 valence electrons. The Bertz CT molecular complexity index is 495. The summed E-state index contributed by atoms with van der Waals surface area (Å²) in [5.41, 5.74) is 0.906. The van der Waals surface area contributed by atoms with Crippen molar-refractivity contribution in [1.82, 2.24) is 14.6 Å². The van der Waals surface area contributed by atoms with Crippen LogP contribution in [0.2, 0.25) is 0 Å². The Morgan fingerprint density at radius 3 is 2.89 bits per heavy atom. The van der Waals surface area contributed by atoms with Gasteiger partial charge in [0.1, 0.15) is 0 Å². The second kappa shape index (κ2) is 5.59. The maximum absolute atomic E-state index is 4.54. The van der Waals surface area contributed by atoms with Gasteiger partial charge in [0, 0.05) is 12.2 Å². The molecule has 0 saturated heterocycles. The van der Waals surface area contributed by atoms with Crippen LogP contribution in [-0.2, 0) is 0 Å². The van der Waals surface area contributed by atoms with Gasteiger partial charge in [-0.05, 0) is 37.3 Å². The minimum atomic E-state index is 0.512. The highest BCUT2D eigenvalue weighted by molar-refractivity contribution is 5.43. The second-order valence-corrected chi connectivity index (χ2v) is 5.50. The number of fused-ring (bicyclic) bond motifs is 1. The van der Waals surface area contributed by atoms with Crippen LogP contribution in [0.25, 0.3) is 5.65 Å². The van der Waals surface area contributed by atoms with Gasteiger partial charge in [0.25, 0.3) is 0 Å². The molecule has 3 rings (SSSR count). The Hall–Kier alpha value is -1.58. The van der Waals surface area contributed by atoms with E-state index in [1.165, 1.54) is 32.1 Å². The number of anilines is 1. The number of hydrogen-bond acceptors (Lipinski definition) is 3. The van der Waals surface area contributed by atoms with Gasteiger partial charge in [-0.3, -0.25) is 0 Å². The summed E-state index contributed by atoms with van der Waals surface area (Å²) in [5.74, 6) is 1.55. The molecule has 4 nitrogen and oxygen atoms in total. The molecule has 2 aromatic rings. The van der Waals surface area contributed by atoms with Crippen molar-refractivity contribution in [3.8, 4) is 0 Å². The first-order valence-corrected chi connectivity index (χ1v) is 7.45. The first kappa shape index (κ1) is 12.5. The Morgan fingerprint density at radius 2 is 2.16 bits per heavy atom. The van der Waals surface area contributed by atoms with E-state index in [0.29, 0.717) is 6.04 Å². The highest BCUT2D eigenvalue weighted by atomic mass is 15.3. The van der Waals surface area contributed by atoms with Gasteiger partial charge < -0.3 is 5.32 Å². The molecule has 0 aromatic carbocycles. The van der Waals surface area contributed by atoms with E-state index in [2.05, 4.69) is 22.3 Å². The fraction of sp³-hybridized carbons (Fsp3) is 0.600. The number of aromatic nitrogens is 3. The zero-order chi connectivity index (χ0) is 13.1. The van der Waals surface area contributed by atoms with Crippen LogP contribution >= 0.6 is 0 Å². The number of pyridine rings is 1. The fourth-order valence-corrected chi connectivity index (χ4v) is 3.15. The Morgan fingerprint density at radius 1 is 1.32 bits per heavy atom. The Balaban J connectivity index is 1.74. The van der Waals surface area contributed by atoms with Crippen LogP contribution in [0.15, 0.2) is 24.4 Å². The molecule has 2 aromatic heterocycles. The van der Waals surface area contributed by atoms with Crippen LogP contribution in [0, 0.1) is 5.92 Å². The van der Waals surface area contributed by atoms with E-state index in [9.17, 15) is 0 Å². The van der Waals surface area contributed by atoms with E-state index in [1.807, 2.05) is 28.9 Å². The summed E-state index contributed by atoms with van der Waals surface area (Å²) in [7, 11) is 0. The SMILES string of the molecule is CCC(Nc1nc2ccccn2n1)C1CCCCC1. The minimum absolute atomic E-state index is 0.512. The van der Waals surface area contributed by atoms with Crippen LogP contribution < -0.4 is 5.32 Å². The topological polar surface area (TPSA) is 42.2 Å². The molecule has 1 unspecified atom stereocenters. The number of nitrogens with zero attached hydrogens (tertiary/aromatic N) is 3. The monoisotopic (exact) mass is 258 g/mol. The molecule has 1 N–H and O–H groups in total. The maximum atomic E-state index is 4.54. The Kier molecular flexibility index (Phi) is 3.67. The summed E-state index contributed by atoms with van der Waals surface area (Å²) < 4.78 is 1.83. The molecule has 1 fully saturated rings. The molecule has 1 aliphatic carbocycles. The molecule has 0 spiro atoms. The third-order valence-corrected chi connectivity index (χ3v) is 4.21. The third kappa shape index (κ3) is 2.72. The van der Waals surface area contributed by atoms with Crippen molar-refractivity contribution in [2.75, 3.05) is 5.32 Å². The summed E-state index contributed by atoms with van der Waals surface area (Å²) in [4.78, 5) is 4.54. The lowest BCUT2D eigenvalue weighted by Gasteiger charge is -2.29. The Labute approximate surface area is 114 Å². The van der Waals surface area contributed by atoms with Crippen molar-refractivity contribution in [3.63, 3.8) is 0 Å².